The average Bonchev–Trinajstić information content (AvgIpc) is 2.43. The summed E-state index contributed by atoms with van der Waals surface area (Å²) in [5.41, 5.74) is 0. The first-order chi connectivity index (χ1) is 4.88. The molecule has 0 aliphatic carbocycles. The van der Waals surface area contributed by atoms with Crippen LogP contribution < -0.4 is 5.32 Å². The lowest BCUT2D eigenvalue weighted by molar-refractivity contribution is 0.282. The number of hydrogen-bond acceptors (Lipinski definition) is 3. The molecule has 1 N–H and O–H groups in total. The Bertz CT molecular complexity index is 110. The van der Waals surface area contributed by atoms with Gasteiger partial charge in [-0.3, -0.25) is 9.69 Å². The molecule has 1 aliphatic rings. The van der Waals surface area contributed by atoms with Crippen molar-refractivity contribution in [1.82, 2.24) is 10.2 Å². The molecule has 0 amide bonds. The highest BCUT2D eigenvalue weighted by molar-refractivity contribution is 5.58. The zero-order valence-electron chi connectivity index (χ0n) is 6.26. The van der Waals surface area contributed by atoms with Gasteiger partial charge < -0.3 is 5.32 Å². The summed E-state index contributed by atoms with van der Waals surface area (Å²) in [6.07, 6.45) is 2.90. The molecule has 0 aromatic rings. The molecule has 1 radical (unpaired) electrons. The monoisotopic (exact) mass is 141 g/mol. The highest BCUT2D eigenvalue weighted by Crippen LogP contribution is 2.02. The van der Waals surface area contributed by atoms with E-state index >= 15 is 0 Å². The van der Waals surface area contributed by atoms with Gasteiger partial charge in [-0.15, -0.1) is 0 Å². The predicted octanol–water partition coefficient (Wildman–Crippen LogP) is -0.263. The van der Waals surface area contributed by atoms with Gasteiger partial charge in [0.25, 0.3) is 0 Å². The highest BCUT2D eigenvalue weighted by atomic mass is 16.1. The van der Waals surface area contributed by atoms with Crippen molar-refractivity contribution in [3.8, 4) is 0 Å². The van der Waals surface area contributed by atoms with Gasteiger partial charge in [0.05, 0.1) is 6.04 Å². The Morgan fingerprint density at radius 1 is 1.80 bits per heavy atom. The van der Waals surface area contributed by atoms with E-state index in [2.05, 4.69) is 10.2 Å². The van der Waals surface area contributed by atoms with Gasteiger partial charge in [0.1, 0.15) is 0 Å². The van der Waals surface area contributed by atoms with Crippen LogP contribution in [0.25, 0.3) is 0 Å². The van der Waals surface area contributed by atoms with Crippen LogP contribution in [-0.4, -0.2) is 37.0 Å². The number of nitrogens with zero attached hydrogens (tertiary/aromatic N) is 1. The second kappa shape index (κ2) is 3.68. The van der Waals surface area contributed by atoms with Gasteiger partial charge in [0, 0.05) is 19.8 Å². The fraction of sp³-hybridized carbons (Fsp3) is 0.857. The van der Waals surface area contributed by atoms with Crippen LogP contribution in [0.15, 0.2) is 0 Å². The molecule has 0 bridgehead atoms. The molecule has 3 nitrogen and oxygen atoms in total. The summed E-state index contributed by atoms with van der Waals surface area (Å²) < 4.78 is 0. The molecule has 1 rings (SSSR count). The zero-order chi connectivity index (χ0) is 7.40. The summed E-state index contributed by atoms with van der Waals surface area (Å²) in [6, 6.07) is 0.00926. The van der Waals surface area contributed by atoms with E-state index < -0.39 is 0 Å². The van der Waals surface area contributed by atoms with Crippen molar-refractivity contribution in [2.75, 3.05) is 19.8 Å². The summed E-state index contributed by atoms with van der Waals surface area (Å²) in [5, 5.41) is 3.17. The topological polar surface area (TPSA) is 32.3 Å². The molecule has 10 heavy (non-hydrogen) atoms. The van der Waals surface area contributed by atoms with Crippen LogP contribution in [0, 0.1) is 0 Å². The van der Waals surface area contributed by atoms with Gasteiger partial charge in [-0.1, -0.05) is 6.92 Å². The second-order valence-electron chi connectivity index (χ2n) is 2.51. The van der Waals surface area contributed by atoms with Gasteiger partial charge in [-0.05, 0) is 6.42 Å². The first-order valence-electron chi connectivity index (χ1n) is 3.71. The largest absolute Gasteiger partial charge is 0.303 e. The van der Waals surface area contributed by atoms with Crippen molar-refractivity contribution >= 4 is 6.29 Å². The van der Waals surface area contributed by atoms with E-state index in [1.165, 1.54) is 0 Å². The maximum Gasteiger partial charge on any atom is 0.217 e. The average molecular weight is 141 g/mol. The van der Waals surface area contributed by atoms with Crippen LogP contribution >= 0.6 is 0 Å². The lowest BCUT2D eigenvalue weighted by atomic mass is 10.2. The minimum atomic E-state index is 0.00926. The molecule has 0 aromatic heterocycles. The van der Waals surface area contributed by atoms with Crippen LogP contribution in [0.2, 0.25) is 0 Å². The molecule has 0 aromatic carbocycles. The summed E-state index contributed by atoms with van der Waals surface area (Å²) in [6.45, 7) is 4.83. The summed E-state index contributed by atoms with van der Waals surface area (Å²) in [4.78, 5) is 12.4. The molecule has 0 spiro atoms. The Labute approximate surface area is 61.4 Å². The van der Waals surface area contributed by atoms with Gasteiger partial charge in [0.2, 0.25) is 6.29 Å². The third kappa shape index (κ3) is 1.55. The van der Waals surface area contributed by atoms with Crippen molar-refractivity contribution < 1.29 is 4.79 Å². The molecular formula is C7H13N2O. The van der Waals surface area contributed by atoms with Crippen LogP contribution in [0.4, 0.5) is 0 Å². The Hall–Kier alpha value is -0.410. The fourth-order valence-corrected chi connectivity index (χ4v) is 1.21. The first-order valence-corrected chi connectivity index (χ1v) is 3.71. The number of nitrogens with one attached hydrogen (secondary N) is 1. The predicted molar refractivity (Wildman–Crippen MR) is 39.3 cm³/mol. The summed E-state index contributed by atoms with van der Waals surface area (Å²) >= 11 is 0. The van der Waals surface area contributed by atoms with E-state index in [0.717, 1.165) is 26.2 Å². The standard InChI is InChI=1S/C7H13N2O/c1-2-7(5-10)9-4-3-8-6-9/h7-8H,2-4,6H2,1H3. The van der Waals surface area contributed by atoms with E-state index in [1.54, 1.807) is 0 Å². The molecule has 57 valence electrons. The fourth-order valence-electron chi connectivity index (χ4n) is 1.21. The third-order valence-corrected chi connectivity index (χ3v) is 1.85. The van der Waals surface area contributed by atoms with Crippen molar-refractivity contribution in [2.45, 2.75) is 19.4 Å². The zero-order valence-corrected chi connectivity index (χ0v) is 6.26. The van der Waals surface area contributed by atoms with Crippen molar-refractivity contribution in [3.63, 3.8) is 0 Å². The van der Waals surface area contributed by atoms with Crippen LogP contribution in [0.1, 0.15) is 13.3 Å². The number of carbonyl (C=O) groups excluding carboxylic acids is 1. The second-order valence-corrected chi connectivity index (χ2v) is 2.51. The van der Waals surface area contributed by atoms with Crippen molar-refractivity contribution in [3.05, 3.63) is 0 Å². The van der Waals surface area contributed by atoms with Gasteiger partial charge in [-0.25, -0.2) is 0 Å². The molecule has 1 fully saturated rings. The molecule has 1 unspecified atom stereocenters. The lowest BCUT2D eigenvalue weighted by Gasteiger charge is -2.18. The van der Waals surface area contributed by atoms with Gasteiger partial charge in [-0.2, -0.15) is 0 Å². The normalized spacial score (nSPS) is 22.9. The molecule has 1 atom stereocenters. The summed E-state index contributed by atoms with van der Waals surface area (Å²) in [7, 11) is 0. The number of hydrogen-bond donors (Lipinski definition) is 1. The molecule has 1 heterocycles. The molecule has 0 saturated carbocycles. The van der Waals surface area contributed by atoms with E-state index in [-0.39, 0.29) is 6.04 Å². The quantitative estimate of drug-likeness (QED) is 0.587. The maximum atomic E-state index is 10.3. The van der Waals surface area contributed by atoms with Crippen LogP contribution in [-0.2, 0) is 4.79 Å². The first kappa shape index (κ1) is 7.69. The van der Waals surface area contributed by atoms with Crippen LogP contribution in [0.3, 0.4) is 0 Å². The summed E-state index contributed by atoms with van der Waals surface area (Å²) in [5.74, 6) is 0. The molecular weight excluding hydrogens is 128 g/mol. The third-order valence-electron chi connectivity index (χ3n) is 1.85. The molecule has 1 saturated heterocycles. The molecule has 1 aliphatic heterocycles. The Balaban J connectivity index is 2.36. The Morgan fingerprint density at radius 3 is 3.00 bits per heavy atom. The Kier molecular flexibility index (Phi) is 2.83. The lowest BCUT2D eigenvalue weighted by Crippen LogP contribution is -2.34. The van der Waals surface area contributed by atoms with E-state index in [1.807, 2.05) is 13.2 Å². The maximum absolute atomic E-state index is 10.3. The van der Waals surface area contributed by atoms with Crippen molar-refractivity contribution in [2.24, 2.45) is 0 Å². The van der Waals surface area contributed by atoms with Gasteiger partial charge in [0.15, 0.2) is 0 Å². The minimum absolute atomic E-state index is 0.00926. The SMILES string of the molecule is CCC([C]=O)N1CCNC1. The number of rotatable bonds is 3. The van der Waals surface area contributed by atoms with Gasteiger partial charge >= 0.3 is 0 Å². The van der Waals surface area contributed by atoms with Crippen LogP contribution in [0.5, 0.6) is 0 Å². The Morgan fingerprint density at radius 2 is 2.60 bits per heavy atom. The van der Waals surface area contributed by atoms with E-state index in [4.69, 9.17) is 0 Å². The van der Waals surface area contributed by atoms with E-state index in [9.17, 15) is 4.79 Å². The highest BCUT2D eigenvalue weighted by Gasteiger charge is 2.19. The van der Waals surface area contributed by atoms with Crippen molar-refractivity contribution in [1.29, 1.82) is 0 Å². The smallest absolute Gasteiger partial charge is 0.217 e. The molecule has 3 heteroatoms. The van der Waals surface area contributed by atoms with E-state index in [0.29, 0.717) is 0 Å². The minimum Gasteiger partial charge on any atom is -0.303 e.